The molecule has 1 rings (SSSR count). The van der Waals surface area contributed by atoms with Crippen molar-refractivity contribution in [3.05, 3.63) is 30.1 Å². The van der Waals surface area contributed by atoms with E-state index in [9.17, 15) is 9.59 Å². The van der Waals surface area contributed by atoms with Crippen LogP contribution < -0.4 is 10.6 Å². The Morgan fingerprint density at radius 3 is 2.52 bits per heavy atom. The molecule has 128 valence electrons. The van der Waals surface area contributed by atoms with Crippen LogP contribution in [-0.4, -0.2) is 35.7 Å². The molecule has 0 aliphatic rings. The van der Waals surface area contributed by atoms with Crippen molar-refractivity contribution < 1.29 is 14.3 Å². The van der Waals surface area contributed by atoms with Gasteiger partial charge in [-0.15, -0.1) is 0 Å². The molecule has 2 amide bonds. The van der Waals surface area contributed by atoms with Gasteiger partial charge in [-0.05, 0) is 52.2 Å². The Morgan fingerprint density at radius 1 is 1.13 bits per heavy atom. The second kappa shape index (κ2) is 9.82. The predicted octanol–water partition coefficient (Wildman–Crippen LogP) is 2.44. The highest BCUT2D eigenvalue weighted by Gasteiger charge is 2.15. The summed E-state index contributed by atoms with van der Waals surface area (Å²) in [4.78, 5) is 27.3. The molecule has 0 aliphatic carbocycles. The van der Waals surface area contributed by atoms with Gasteiger partial charge in [-0.1, -0.05) is 6.07 Å². The first-order chi connectivity index (χ1) is 10.9. The molecule has 1 aromatic rings. The maximum Gasteiger partial charge on any atom is 0.407 e. The normalized spacial score (nSPS) is 10.9. The summed E-state index contributed by atoms with van der Waals surface area (Å²) in [6.07, 6.45) is 4.00. The number of alkyl carbamates (subject to hydrolysis) is 1. The average Bonchev–Trinajstić information content (AvgIpc) is 2.47. The van der Waals surface area contributed by atoms with Crippen molar-refractivity contribution in [1.82, 2.24) is 15.6 Å². The molecule has 0 bridgehead atoms. The Balaban J connectivity index is 2.01. The van der Waals surface area contributed by atoms with E-state index < -0.39 is 11.7 Å². The maximum atomic E-state index is 11.7. The molecule has 23 heavy (non-hydrogen) atoms. The summed E-state index contributed by atoms with van der Waals surface area (Å²) in [6, 6.07) is 5.82. The lowest BCUT2D eigenvalue weighted by atomic mass is 10.2. The predicted molar refractivity (Wildman–Crippen MR) is 89.0 cm³/mol. The number of nitrogens with one attached hydrogen (secondary N) is 2. The molecule has 0 atom stereocenters. The van der Waals surface area contributed by atoms with Crippen LogP contribution in [0.15, 0.2) is 24.4 Å². The summed E-state index contributed by atoms with van der Waals surface area (Å²) < 4.78 is 5.11. The number of amides is 2. The number of carbonyl (C=O) groups is 2. The van der Waals surface area contributed by atoms with Crippen molar-refractivity contribution in [3.63, 3.8) is 0 Å². The van der Waals surface area contributed by atoms with Gasteiger partial charge in [0.15, 0.2) is 0 Å². The van der Waals surface area contributed by atoms with Gasteiger partial charge in [0.1, 0.15) is 5.60 Å². The number of aryl methyl sites for hydroxylation is 1. The fourth-order valence-electron chi connectivity index (χ4n) is 1.89. The smallest absolute Gasteiger partial charge is 0.407 e. The number of hydrogen-bond donors (Lipinski definition) is 2. The average molecular weight is 321 g/mol. The molecule has 6 nitrogen and oxygen atoms in total. The number of hydrogen-bond acceptors (Lipinski definition) is 4. The van der Waals surface area contributed by atoms with E-state index in [4.69, 9.17) is 4.74 Å². The van der Waals surface area contributed by atoms with Crippen molar-refractivity contribution >= 4 is 12.0 Å². The van der Waals surface area contributed by atoms with Crippen LogP contribution in [0, 0.1) is 0 Å². The molecule has 6 heteroatoms. The first kappa shape index (κ1) is 18.9. The SMILES string of the molecule is CC(C)(C)OC(=O)NCCCC(=O)NCCCc1ccccn1. The minimum Gasteiger partial charge on any atom is -0.444 e. The van der Waals surface area contributed by atoms with Gasteiger partial charge in [0.25, 0.3) is 0 Å². The van der Waals surface area contributed by atoms with Gasteiger partial charge < -0.3 is 15.4 Å². The summed E-state index contributed by atoms with van der Waals surface area (Å²) in [5.41, 5.74) is 0.526. The molecular formula is C17H27N3O3. The van der Waals surface area contributed by atoms with Crippen LogP contribution in [0.4, 0.5) is 4.79 Å². The van der Waals surface area contributed by atoms with Crippen LogP contribution in [0.3, 0.4) is 0 Å². The van der Waals surface area contributed by atoms with Gasteiger partial charge in [-0.25, -0.2) is 4.79 Å². The van der Waals surface area contributed by atoms with Gasteiger partial charge in [0, 0.05) is 31.4 Å². The lowest BCUT2D eigenvalue weighted by Gasteiger charge is -2.19. The summed E-state index contributed by atoms with van der Waals surface area (Å²) in [6.45, 7) is 6.49. The third kappa shape index (κ3) is 10.3. The second-order valence-electron chi connectivity index (χ2n) is 6.31. The Labute approximate surface area is 138 Å². The molecule has 0 saturated heterocycles. The molecule has 1 heterocycles. The zero-order chi connectivity index (χ0) is 17.1. The van der Waals surface area contributed by atoms with E-state index in [1.54, 1.807) is 6.20 Å². The highest BCUT2D eigenvalue weighted by molar-refractivity contribution is 5.75. The number of rotatable bonds is 8. The largest absolute Gasteiger partial charge is 0.444 e. The standard InChI is InChI=1S/C17H27N3O3/c1-17(2,3)23-16(22)20-13-7-10-15(21)19-12-6-9-14-8-4-5-11-18-14/h4-5,8,11H,6-7,9-10,12-13H2,1-3H3,(H,19,21)(H,20,22). The van der Waals surface area contributed by atoms with Crippen LogP contribution in [0.25, 0.3) is 0 Å². The van der Waals surface area contributed by atoms with Crippen LogP contribution in [0.5, 0.6) is 0 Å². The number of ether oxygens (including phenoxy) is 1. The zero-order valence-corrected chi connectivity index (χ0v) is 14.2. The Hall–Kier alpha value is -2.11. The summed E-state index contributed by atoms with van der Waals surface area (Å²) in [7, 11) is 0. The van der Waals surface area contributed by atoms with Gasteiger partial charge in [-0.2, -0.15) is 0 Å². The van der Waals surface area contributed by atoms with Crippen molar-refractivity contribution in [1.29, 1.82) is 0 Å². The van der Waals surface area contributed by atoms with E-state index in [0.717, 1.165) is 18.5 Å². The van der Waals surface area contributed by atoms with E-state index in [-0.39, 0.29) is 5.91 Å². The first-order valence-electron chi connectivity index (χ1n) is 8.00. The number of carbonyl (C=O) groups excluding carboxylic acids is 2. The quantitative estimate of drug-likeness (QED) is 0.721. The molecule has 1 aromatic heterocycles. The molecule has 0 aromatic carbocycles. The summed E-state index contributed by atoms with van der Waals surface area (Å²) >= 11 is 0. The maximum absolute atomic E-state index is 11.7. The van der Waals surface area contributed by atoms with E-state index in [2.05, 4.69) is 15.6 Å². The third-order valence-electron chi connectivity index (χ3n) is 2.91. The van der Waals surface area contributed by atoms with Crippen LogP contribution in [-0.2, 0) is 16.0 Å². The molecule has 0 saturated carbocycles. The lowest BCUT2D eigenvalue weighted by molar-refractivity contribution is -0.121. The van der Waals surface area contributed by atoms with Crippen LogP contribution in [0.2, 0.25) is 0 Å². The van der Waals surface area contributed by atoms with Crippen LogP contribution >= 0.6 is 0 Å². The molecule has 0 spiro atoms. The van der Waals surface area contributed by atoms with Crippen molar-refractivity contribution in [2.45, 2.75) is 52.1 Å². The number of aromatic nitrogens is 1. The van der Waals surface area contributed by atoms with Gasteiger partial charge in [0.2, 0.25) is 5.91 Å². The minimum absolute atomic E-state index is 0.00277. The molecule has 2 N–H and O–H groups in total. The fourth-order valence-corrected chi connectivity index (χ4v) is 1.89. The van der Waals surface area contributed by atoms with Crippen molar-refractivity contribution in [2.75, 3.05) is 13.1 Å². The van der Waals surface area contributed by atoms with Gasteiger partial charge in [-0.3, -0.25) is 9.78 Å². The second-order valence-corrected chi connectivity index (χ2v) is 6.31. The van der Waals surface area contributed by atoms with E-state index in [1.165, 1.54) is 0 Å². The van der Waals surface area contributed by atoms with E-state index >= 15 is 0 Å². The highest BCUT2D eigenvalue weighted by Crippen LogP contribution is 2.06. The molecule has 0 aliphatic heterocycles. The molecule has 0 radical (unpaired) electrons. The first-order valence-corrected chi connectivity index (χ1v) is 8.00. The Kier molecular flexibility index (Phi) is 8.08. The Morgan fingerprint density at radius 2 is 1.87 bits per heavy atom. The third-order valence-corrected chi connectivity index (χ3v) is 2.91. The van der Waals surface area contributed by atoms with Crippen molar-refractivity contribution in [2.24, 2.45) is 0 Å². The summed E-state index contributed by atoms with van der Waals surface area (Å²) in [5.74, 6) is -0.00277. The van der Waals surface area contributed by atoms with Crippen molar-refractivity contribution in [3.8, 4) is 0 Å². The summed E-state index contributed by atoms with van der Waals surface area (Å²) in [5, 5.41) is 5.50. The molecular weight excluding hydrogens is 294 g/mol. The zero-order valence-electron chi connectivity index (χ0n) is 14.2. The monoisotopic (exact) mass is 321 g/mol. The lowest BCUT2D eigenvalue weighted by Crippen LogP contribution is -2.33. The topological polar surface area (TPSA) is 80.3 Å². The molecule has 0 unspecified atom stereocenters. The fraction of sp³-hybridized carbons (Fsp3) is 0.588. The molecule has 0 fully saturated rings. The van der Waals surface area contributed by atoms with E-state index in [1.807, 2.05) is 39.0 Å². The minimum atomic E-state index is -0.505. The number of pyridine rings is 1. The Bertz CT molecular complexity index is 484. The highest BCUT2D eigenvalue weighted by atomic mass is 16.6. The van der Waals surface area contributed by atoms with E-state index in [0.29, 0.717) is 25.9 Å². The number of nitrogens with zero attached hydrogens (tertiary/aromatic N) is 1. The van der Waals surface area contributed by atoms with Crippen LogP contribution in [0.1, 0.15) is 45.7 Å². The van der Waals surface area contributed by atoms with Gasteiger partial charge >= 0.3 is 6.09 Å². The van der Waals surface area contributed by atoms with Gasteiger partial charge in [0.05, 0.1) is 0 Å².